The van der Waals surface area contributed by atoms with Crippen molar-refractivity contribution in [1.82, 2.24) is 0 Å². The van der Waals surface area contributed by atoms with Crippen LogP contribution in [0.2, 0.25) is 0 Å². The monoisotopic (exact) mass is 787 g/mol. The first-order valence-electron chi connectivity index (χ1n) is 22.5. The molecular weight excluding hydrogens is 723 g/mol. The third-order valence-electron chi connectivity index (χ3n) is 15.0. The molecule has 0 amide bonds. The Morgan fingerprint density at radius 1 is 0.450 bits per heavy atom. The molecule has 304 valence electrons. The average Bonchev–Trinajstić information content (AvgIpc) is 3.46. The Labute approximate surface area is 361 Å². The maximum atomic E-state index is 2.71. The molecule has 2 heterocycles. The van der Waals surface area contributed by atoms with E-state index in [-0.39, 0.29) is 33.8 Å². The normalized spacial score (nSPS) is 18.5. The van der Waals surface area contributed by atoms with Crippen LogP contribution in [-0.2, 0) is 27.1 Å². The van der Waals surface area contributed by atoms with Crippen LogP contribution in [-0.4, -0.2) is 6.71 Å². The fourth-order valence-corrected chi connectivity index (χ4v) is 12.7. The first-order chi connectivity index (χ1) is 28.1. The number of aryl methyl sites for hydroxylation is 3. The number of anilines is 6. The molecule has 0 unspecified atom stereocenters. The highest BCUT2D eigenvalue weighted by atomic mass is 15.2. The van der Waals surface area contributed by atoms with Gasteiger partial charge in [0.05, 0.1) is 0 Å². The van der Waals surface area contributed by atoms with E-state index in [2.05, 4.69) is 210 Å². The Bertz CT molecular complexity index is 2790. The maximum Gasteiger partial charge on any atom is 0.252 e. The fourth-order valence-electron chi connectivity index (χ4n) is 12.7. The van der Waals surface area contributed by atoms with Gasteiger partial charge in [-0.3, -0.25) is 0 Å². The predicted molar refractivity (Wildman–Crippen MR) is 260 cm³/mol. The van der Waals surface area contributed by atoms with Crippen LogP contribution in [0.25, 0.3) is 11.1 Å². The zero-order valence-electron chi connectivity index (χ0n) is 38.7. The van der Waals surface area contributed by atoms with Crippen molar-refractivity contribution in [3.63, 3.8) is 0 Å². The van der Waals surface area contributed by atoms with Crippen LogP contribution in [0, 0.1) is 20.8 Å². The second-order valence-corrected chi connectivity index (χ2v) is 22.7. The third-order valence-corrected chi connectivity index (χ3v) is 15.0. The molecule has 0 fully saturated rings. The first-order valence-corrected chi connectivity index (χ1v) is 22.5. The van der Waals surface area contributed by atoms with E-state index in [0.717, 1.165) is 12.8 Å². The summed E-state index contributed by atoms with van der Waals surface area (Å²) in [5, 5.41) is 0. The van der Waals surface area contributed by atoms with E-state index in [1.54, 1.807) is 0 Å². The lowest BCUT2D eigenvalue weighted by molar-refractivity contribution is 0.403. The van der Waals surface area contributed by atoms with Gasteiger partial charge >= 0.3 is 0 Å². The lowest BCUT2D eigenvalue weighted by atomic mass is 9.33. The lowest BCUT2D eigenvalue weighted by Crippen LogP contribution is -2.62. The van der Waals surface area contributed by atoms with Crippen LogP contribution in [0.5, 0.6) is 0 Å². The van der Waals surface area contributed by atoms with Crippen LogP contribution in [0.4, 0.5) is 34.1 Å². The number of rotatable bonds is 3. The van der Waals surface area contributed by atoms with E-state index in [1.807, 2.05) is 0 Å². The average molecular weight is 787 g/mol. The number of benzene rings is 6. The van der Waals surface area contributed by atoms with Crippen LogP contribution < -0.4 is 26.2 Å². The van der Waals surface area contributed by atoms with Gasteiger partial charge in [0.1, 0.15) is 0 Å². The molecule has 60 heavy (non-hydrogen) atoms. The summed E-state index contributed by atoms with van der Waals surface area (Å²) >= 11 is 0. The Hall–Kier alpha value is -5.02. The molecule has 2 aliphatic carbocycles. The topological polar surface area (TPSA) is 6.48 Å². The number of hydrogen-bond donors (Lipinski definition) is 0. The van der Waals surface area contributed by atoms with Crippen molar-refractivity contribution in [2.24, 2.45) is 0 Å². The third kappa shape index (κ3) is 5.66. The fraction of sp³-hybridized carbons (Fsp3) is 0.368. The molecule has 10 rings (SSSR count). The Morgan fingerprint density at radius 3 is 1.53 bits per heavy atom. The molecule has 3 heteroatoms. The van der Waals surface area contributed by atoms with E-state index >= 15 is 0 Å². The maximum absolute atomic E-state index is 2.71. The van der Waals surface area contributed by atoms with Crippen LogP contribution in [0.3, 0.4) is 0 Å². The van der Waals surface area contributed by atoms with E-state index in [0.29, 0.717) is 0 Å². The van der Waals surface area contributed by atoms with Crippen LogP contribution in [0.1, 0.15) is 134 Å². The van der Waals surface area contributed by atoms with Gasteiger partial charge in [0.2, 0.25) is 0 Å². The molecule has 0 bridgehead atoms. The summed E-state index contributed by atoms with van der Waals surface area (Å²) in [5.74, 6) is 0. The van der Waals surface area contributed by atoms with Gasteiger partial charge < -0.3 is 9.80 Å². The Balaban J connectivity index is 1.31. The molecular formula is C57H63BN2. The summed E-state index contributed by atoms with van der Waals surface area (Å²) in [6, 6.07) is 40.7. The van der Waals surface area contributed by atoms with Gasteiger partial charge in [0.15, 0.2) is 0 Å². The number of fused-ring (bicyclic) bond motifs is 6. The summed E-state index contributed by atoms with van der Waals surface area (Å²) in [6.07, 6.45) is 2.29. The zero-order valence-corrected chi connectivity index (χ0v) is 38.7. The van der Waals surface area contributed by atoms with Crippen molar-refractivity contribution in [3.05, 3.63) is 148 Å². The molecule has 0 saturated carbocycles. The lowest BCUT2D eigenvalue weighted by Gasteiger charge is -2.46. The predicted octanol–water partition coefficient (Wildman–Crippen LogP) is 13.6. The van der Waals surface area contributed by atoms with Crippen molar-refractivity contribution >= 4 is 57.2 Å². The zero-order chi connectivity index (χ0) is 42.6. The molecule has 4 aliphatic rings. The van der Waals surface area contributed by atoms with Crippen molar-refractivity contribution in [3.8, 4) is 11.1 Å². The molecule has 0 saturated heterocycles. The van der Waals surface area contributed by atoms with Gasteiger partial charge in [-0.1, -0.05) is 137 Å². The van der Waals surface area contributed by atoms with E-state index < -0.39 is 0 Å². The van der Waals surface area contributed by atoms with E-state index in [4.69, 9.17) is 0 Å². The minimum absolute atomic E-state index is 0.000910. The smallest absolute Gasteiger partial charge is 0.252 e. The van der Waals surface area contributed by atoms with Crippen molar-refractivity contribution in [1.29, 1.82) is 0 Å². The van der Waals surface area contributed by atoms with Crippen LogP contribution >= 0.6 is 0 Å². The molecule has 2 aliphatic heterocycles. The quantitative estimate of drug-likeness (QED) is 0.165. The molecule has 2 nitrogen and oxygen atoms in total. The largest absolute Gasteiger partial charge is 0.311 e. The van der Waals surface area contributed by atoms with Gasteiger partial charge in [-0.05, 0) is 175 Å². The molecule has 6 aromatic rings. The molecule has 0 aromatic heterocycles. The summed E-state index contributed by atoms with van der Waals surface area (Å²) in [6.45, 7) is 33.8. The van der Waals surface area contributed by atoms with Gasteiger partial charge in [-0.25, -0.2) is 0 Å². The summed E-state index contributed by atoms with van der Waals surface area (Å²) in [5.41, 5.74) is 26.2. The molecule has 6 aromatic carbocycles. The molecule has 0 atom stereocenters. The molecule has 0 radical (unpaired) electrons. The number of hydrogen-bond acceptors (Lipinski definition) is 2. The summed E-state index contributed by atoms with van der Waals surface area (Å²) < 4.78 is 0. The second-order valence-electron chi connectivity index (χ2n) is 22.7. The van der Waals surface area contributed by atoms with Gasteiger partial charge in [0, 0.05) is 34.1 Å². The van der Waals surface area contributed by atoms with Crippen molar-refractivity contribution in [2.75, 3.05) is 9.80 Å². The summed E-state index contributed by atoms with van der Waals surface area (Å²) in [7, 11) is 0. The number of nitrogens with zero attached hydrogens (tertiary/aromatic N) is 2. The van der Waals surface area contributed by atoms with Crippen LogP contribution in [0.15, 0.2) is 103 Å². The Kier molecular flexibility index (Phi) is 8.17. The standard InChI is InChI=1S/C57H63BN2/c1-34-24-50-52-51(25-34)60(48-30-42-40(27-36(48)3)54(7,8)32-56(42,11)12)49-31-43-41(55(9,10)33-57(43,13)14)29-45(49)58(52)44-28-39(53(4,5)6)21-23-47(44)59(50)46-22-20-38(26-35(46)2)37-18-16-15-17-19-37/h15-31H,32-33H2,1-14H3. The van der Waals surface area contributed by atoms with Crippen molar-refractivity contribution < 1.29 is 0 Å². The minimum Gasteiger partial charge on any atom is -0.311 e. The molecule has 0 N–H and O–H groups in total. The highest BCUT2D eigenvalue weighted by Crippen LogP contribution is 2.55. The molecule has 0 spiro atoms. The van der Waals surface area contributed by atoms with Gasteiger partial charge in [0.25, 0.3) is 6.71 Å². The van der Waals surface area contributed by atoms with Gasteiger partial charge in [-0.2, -0.15) is 0 Å². The summed E-state index contributed by atoms with van der Waals surface area (Å²) in [4.78, 5) is 5.32. The van der Waals surface area contributed by atoms with Crippen molar-refractivity contribution in [2.45, 2.75) is 137 Å². The second kappa shape index (κ2) is 12.5. The SMILES string of the molecule is Cc1cc2c3c(c1)N(c1cc4c(cc1C)C(C)(C)CC4(C)C)c1cc4c(cc1B3c1cc(C(C)(C)C)ccc1N2c1ccc(-c2ccccc2)cc1C)C(C)(C)CC4(C)C. The highest BCUT2D eigenvalue weighted by molar-refractivity contribution is 7.00. The highest BCUT2D eigenvalue weighted by Gasteiger charge is 2.49. The first kappa shape index (κ1) is 39.1. The van der Waals surface area contributed by atoms with Gasteiger partial charge in [-0.15, -0.1) is 0 Å². The minimum atomic E-state index is -0.000910. The van der Waals surface area contributed by atoms with E-state index in [1.165, 1.54) is 106 Å². The Morgan fingerprint density at radius 2 is 0.950 bits per heavy atom. The van der Waals surface area contributed by atoms with E-state index in [9.17, 15) is 0 Å².